The van der Waals surface area contributed by atoms with Gasteiger partial charge in [0.1, 0.15) is 11.5 Å². The van der Waals surface area contributed by atoms with E-state index in [-0.39, 0.29) is 21.3 Å². The third-order valence-electron chi connectivity index (χ3n) is 3.33. The molecular formula is C15H16O4S. The molecule has 5 heteroatoms. The van der Waals surface area contributed by atoms with Crippen molar-refractivity contribution in [1.82, 2.24) is 0 Å². The van der Waals surface area contributed by atoms with Crippen LogP contribution in [0.3, 0.4) is 0 Å². The lowest BCUT2D eigenvalue weighted by molar-refractivity contribution is 0.464. The van der Waals surface area contributed by atoms with Gasteiger partial charge < -0.3 is 10.2 Å². The molecule has 2 N–H and O–H groups in total. The molecule has 0 radical (unpaired) electrons. The fourth-order valence-electron chi connectivity index (χ4n) is 2.10. The first-order valence-corrected chi connectivity index (χ1v) is 7.57. The van der Waals surface area contributed by atoms with Crippen molar-refractivity contribution in [2.75, 3.05) is 0 Å². The lowest BCUT2D eigenvalue weighted by Gasteiger charge is -2.12. The molecule has 0 aliphatic carbocycles. The number of phenolic OH excluding ortho intramolecular Hbond substituents is 2. The van der Waals surface area contributed by atoms with Crippen LogP contribution in [0.25, 0.3) is 0 Å². The predicted molar refractivity (Wildman–Crippen MR) is 75.9 cm³/mol. The highest BCUT2D eigenvalue weighted by Gasteiger charge is 2.24. The molecular weight excluding hydrogens is 276 g/mol. The van der Waals surface area contributed by atoms with Crippen LogP contribution in [0.2, 0.25) is 0 Å². The van der Waals surface area contributed by atoms with Crippen molar-refractivity contribution in [2.45, 2.75) is 30.6 Å². The minimum atomic E-state index is -3.78. The summed E-state index contributed by atoms with van der Waals surface area (Å²) in [4.78, 5) is 0.0955. The van der Waals surface area contributed by atoms with Gasteiger partial charge in [-0.1, -0.05) is 12.1 Å². The fraction of sp³-hybridized carbons (Fsp3) is 0.200. The van der Waals surface area contributed by atoms with Crippen LogP contribution in [0, 0.1) is 20.8 Å². The van der Waals surface area contributed by atoms with Gasteiger partial charge in [0.15, 0.2) is 0 Å². The first-order chi connectivity index (χ1) is 9.25. The Bertz CT molecular complexity index is 777. The predicted octanol–water partition coefficient (Wildman–Crippen LogP) is 2.86. The quantitative estimate of drug-likeness (QED) is 0.892. The molecule has 20 heavy (non-hydrogen) atoms. The zero-order chi connectivity index (χ0) is 15.1. The zero-order valence-electron chi connectivity index (χ0n) is 11.5. The summed E-state index contributed by atoms with van der Waals surface area (Å²) < 4.78 is 25.3. The Kier molecular flexibility index (Phi) is 3.48. The number of benzene rings is 2. The van der Waals surface area contributed by atoms with Crippen LogP contribution in [-0.2, 0) is 9.84 Å². The Morgan fingerprint density at radius 3 is 2.10 bits per heavy atom. The van der Waals surface area contributed by atoms with E-state index in [0.29, 0.717) is 16.7 Å². The van der Waals surface area contributed by atoms with Crippen LogP contribution in [0.1, 0.15) is 16.7 Å². The van der Waals surface area contributed by atoms with E-state index in [0.717, 1.165) is 0 Å². The number of hydrogen-bond donors (Lipinski definition) is 2. The second kappa shape index (κ2) is 4.83. The first-order valence-electron chi connectivity index (χ1n) is 6.09. The average Bonchev–Trinajstić information content (AvgIpc) is 2.38. The van der Waals surface area contributed by atoms with Crippen molar-refractivity contribution < 1.29 is 18.6 Å². The lowest BCUT2D eigenvalue weighted by Crippen LogP contribution is -2.06. The van der Waals surface area contributed by atoms with Gasteiger partial charge in [-0.3, -0.25) is 0 Å². The van der Waals surface area contributed by atoms with Crippen molar-refractivity contribution >= 4 is 9.84 Å². The molecule has 2 aromatic rings. The summed E-state index contributed by atoms with van der Waals surface area (Å²) in [6.45, 7) is 4.93. The summed E-state index contributed by atoms with van der Waals surface area (Å²) in [7, 11) is -3.78. The molecule has 0 fully saturated rings. The Morgan fingerprint density at radius 1 is 0.850 bits per heavy atom. The second-order valence-electron chi connectivity index (χ2n) is 4.81. The van der Waals surface area contributed by atoms with Crippen molar-refractivity contribution in [3.8, 4) is 11.5 Å². The van der Waals surface area contributed by atoms with E-state index in [1.807, 2.05) is 0 Å². The zero-order valence-corrected chi connectivity index (χ0v) is 12.3. The van der Waals surface area contributed by atoms with Crippen LogP contribution in [0.5, 0.6) is 11.5 Å². The molecule has 0 atom stereocenters. The van der Waals surface area contributed by atoms with Crippen molar-refractivity contribution in [3.05, 3.63) is 47.0 Å². The SMILES string of the molecule is Cc1ccc(O)cc1S(=O)(=O)c1ccc(C)c(O)c1C. The van der Waals surface area contributed by atoms with Gasteiger partial charge in [0.2, 0.25) is 9.84 Å². The summed E-state index contributed by atoms with van der Waals surface area (Å²) in [6, 6.07) is 7.25. The molecule has 0 spiro atoms. The third kappa shape index (κ3) is 2.25. The van der Waals surface area contributed by atoms with Crippen LogP contribution < -0.4 is 0 Å². The van der Waals surface area contributed by atoms with Crippen LogP contribution in [-0.4, -0.2) is 18.6 Å². The molecule has 2 rings (SSSR count). The molecule has 0 aliphatic heterocycles. The molecule has 0 heterocycles. The second-order valence-corrected chi connectivity index (χ2v) is 6.69. The number of phenols is 2. The van der Waals surface area contributed by atoms with E-state index in [2.05, 4.69) is 0 Å². The van der Waals surface area contributed by atoms with E-state index < -0.39 is 9.84 Å². The maximum atomic E-state index is 12.7. The molecule has 0 saturated carbocycles. The first kappa shape index (κ1) is 14.4. The monoisotopic (exact) mass is 292 g/mol. The van der Waals surface area contributed by atoms with Gasteiger partial charge in [-0.15, -0.1) is 0 Å². The summed E-state index contributed by atoms with van der Waals surface area (Å²) >= 11 is 0. The van der Waals surface area contributed by atoms with Gasteiger partial charge in [0.25, 0.3) is 0 Å². The van der Waals surface area contributed by atoms with Crippen molar-refractivity contribution in [1.29, 1.82) is 0 Å². The minimum absolute atomic E-state index is 0.0242. The van der Waals surface area contributed by atoms with Gasteiger partial charge >= 0.3 is 0 Å². The molecule has 2 aromatic carbocycles. The highest BCUT2D eigenvalue weighted by Crippen LogP contribution is 2.33. The molecule has 0 aromatic heterocycles. The topological polar surface area (TPSA) is 74.6 Å². The van der Waals surface area contributed by atoms with E-state index in [1.54, 1.807) is 32.9 Å². The smallest absolute Gasteiger partial charge is 0.207 e. The van der Waals surface area contributed by atoms with Crippen LogP contribution in [0.15, 0.2) is 40.1 Å². The minimum Gasteiger partial charge on any atom is -0.508 e. The van der Waals surface area contributed by atoms with Crippen LogP contribution >= 0.6 is 0 Å². The molecule has 0 bridgehead atoms. The van der Waals surface area contributed by atoms with Gasteiger partial charge in [-0.2, -0.15) is 0 Å². The van der Waals surface area contributed by atoms with E-state index >= 15 is 0 Å². The summed E-state index contributed by atoms with van der Waals surface area (Å²) in [6.07, 6.45) is 0. The standard InChI is InChI=1S/C15H16O4S/c1-9-4-6-12(16)8-14(9)20(18,19)13-7-5-10(2)15(17)11(13)3/h4-8,16-17H,1-3H3. The Balaban J connectivity index is 2.74. The third-order valence-corrected chi connectivity index (χ3v) is 5.37. The summed E-state index contributed by atoms with van der Waals surface area (Å²) in [5.41, 5.74) is 1.48. The van der Waals surface area contributed by atoms with Gasteiger partial charge in [-0.05, 0) is 50.1 Å². The highest BCUT2D eigenvalue weighted by molar-refractivity contribution is 7.91. The molecule has 0 amide bonds. The van der Waals surface area contributed by atoms with E-state index in [4.69, 9.17) is 0 Å². The molecule has 4 nitrogen and oxygen atoms in total. The molecule has 0 unspecified atom stereocenters. The largest absolute Gasteiger partial charge is 0.508 e. The van der Waals surface area contributed by atoms with Gasteiger partial charge in [-0.25, -0.2) is 8.42 Å². The van der Waals surface area contributed by atoms with Gasteiger partial charge in [0.05, 0.1) is 9.79 Å². The Labute approximate surface area is 118 Å². The number of aromatic hydroxyl groups is 2. The maximum absolute atomic E-state index is 12.7. The van der Waals surface area contributed by atoms with Gasteiger partial charge in [0, 0.05) is 5.56 Å². The Hall–Kier alpha value is -2.01. The molecule has 106 valence electrons. The highest BCUT2D eigenvalue weighted by atomic mass is 32.2. The molecule has 0 aliphatic rings. The normalized spacial score (nSPS) is 11.6. The lowest BCUT2D eigenvalue weighted by atomic mass is 10.1. The van der Waals surface area contributed by atoms with E-state index in [1.165, 1.54) is 18.2 Å². The number of rotatable bonds is 2. The van der Waals surface area contributed by atoms with E-state index in [9.17, 15) is 18.6 Å². The fourth-order valence-corrected chi connectivity index (χ4v) is 3.86. The number of aryl methyl sites for hydroxylation is 2. The average molecular weight is 292 g/mol. The molecule has 0 saturated heterocycles. The number of sulfone groups is 1. The number of hydrogen-bond acceptors (Lipinski definition) is 4. The Morgan fingerprint density at radius 2 is 1.45 bits per heavy atom. The summed E-state index contributed by atoms with van der Waals surface area (Å²) in [5.74, 6) is -0.132. The van der Waals surface area contributed by atoms with Crippen molar-refractivity contribution in [3.63, 3.8) is 0 Å². The maximum Gasteiger partial charge on any atom is 0.207 e. The summed E-state index contributed by atoms with van der Waals surface area (Å²) in [5, 5.41) is 19.4. The van der Waals surface area contributed by atoms with Crippen LogP contribution in [0.4, 0.5) is 0 Å². The van der Waals surface area contributed by atoms with Crippen molar-refractivity contribution in [2.24, 2.45) is 0 Å².